The van der Waals surface area contributed by atoms with Gasteiger partial charge in [-0.2, -0.15) is 5.10 Å². The molecular formula is C12H10Cl2N2O3. The predicted molar refractivity (Wildman–Crippen MR) is 72.2 cm³/mol. The van der Waals surface area contributed by atoms with E-state index in [1.54, 1.807) is 19.2 Å². The average Bonchev–Trinajstić information content (AvgIpc) is 2.74. The van der Waals surface area contributed by atoms with Crippen LogP contribution in [-0.4, -0.2) is 28.0 Å². The number of carboxylic acid groups (broad SMARTS) is 1. The van der Waals surface area contributed by atoms with Crippen molar-refractivity contribution in [3.05, 3.63) is 33.9 Å². The number of hydrogen-bond donors (Lipinski definition) is 1. The van der Waals surface area contributed by atoms with E-state index in [1.807, 2.05) is 0 Å². The van der Waals surface area contributed by atoms with Gasteiger partial charge in [0.15, 0.2) is 5.69 Å². The average molecular weight is 301 g/mol. The van der Waals surface area contributed by atoms with Crippen LogP contribution in [0.4, 0.5) is 0 Å². The maximum absolute atomic E-state index is 10.9. The molecule has 0 atom stereocenters. The lowest BCUT2D eigenvalue weighted by Gasteiger charge is -2.09. The minimum atomic E-state index is -1.10. The van der Waals surface area contributed by atoms with Crippen molar-refractivity contribution in [2.24, 2.45) is 7.05 Å². The molecule has 100 valence electrons. The van der Waals surface area contributed by atoms with Crippen LogP contribution in [0.5, 0.6) is 5.75 Å². The van der Waals surface area contributed by atoms with Crippen molar-refractivity contribution in [2.75, 3.05) is 7.11 Å². The van der Waals surface area contributed by atoms with Gasteiger partial charge in [-0.3, -0.25) is 4.68 Å². The Labute approximate surface area is 119 Å². The third-order valence-electron chi connectivity index (χ3n) is 2.60. The van der Waals surface area contributed by atoms with Gasteiger partial charge in [0.2, 0.25) is 0 Å². The van der Waals surface area contributed by atoms with Crippen molar-refractivity contribution >= 4 is 29.2 Å². The number of methoxy groups -OCH3 is 1. The van der Waals surface area contributed by atoms with Gasteiger partial charge in [0.1, 0.15) is 5.75 Å². The van der Waals surface area contributed by atoms with E-state index in [0.29, 0.717) is 27.1 Å². The van der Waals surface area contributed by atoms with E-state index in [9.17, 15) is 4.79 Å². The molecule has 0 bridgehead atoms. The molecule has 0 saturated carbocycles. The Morgan fingerprint density at radius 3 is 2.58 bits per heavy atom. The van der Waals surface area contributed by atoms with Gasteiger partial charge in [-0.1, -0.05) is 23.2 Å². The first-order valence-corrected chi connectivity index (χ1v) is 6.00. The van der Waals surface area contributed by atoms with Crippen LogP contribution in [0, 0.1) is 0 Å². The van der Waals surface area contributed by atoms with Gasteiger partial charge in [-0.25, -0.2) is 4.79 Å². The SMILES string of the molecule is COc1cc(Cl)cc(-c2cc(C(=O)O)nn2C)c1Cl. The molecule has 5 nitrogen and oxygen atoms in total. The molecule has 1 aromatic heterocycles. The molecule has 0 radical (unpaired) electrons. The highest BCUT2D eigenvalue weighted by molar-refractivity contribution is 6.36. The van der Waals surface area contributed by atoms with Crippen LogP contribution < -0.4 is 4.74 Å². The van der Waals surface area contributed by atoms with Crippen LogP contribution in [0.15, 0.2) is 18.2 Å². The normalized spacial score (nSPS) is 10.5. The van der Waals surface area contributed by atoms with E-state index in [1.165, 1.54) is 17.9 Å². The molecule has 0 aliphatic carbocycles. The molecule has 0 amide bonds. The zero-order chi connectivity index (χ0) is 14.2. The first-order valence-electron chi connectivity index (χ1n) is 5.24. The Kier molecular flexibility index (Phi) is 3.68. The fraction of sp³-hybridized carbons (Fsp3) is 0.167. The van der Waals surface area contributed by atoms with Crippen LogP contribution in [0.1, 0.15) is 10.5 Å². The summed E-state index contributed by atoms with van der Waals surface area (Å²) in [7, 11) is 3.11. The van der Waals surface area contributed by atoms with E-state index < -0.39 is 5.97 Å². The number of carbonyl (C=O) groups is 1. The Balaban J connectivity index is 2.65. The molecule has 2 aromatic rings. The van der Waals surface area contributed by atoms with Crippen LogP contribution in [0.3, 0.4) is 0 Å². The molecule has 1 heterocycles. The largest absolute Gasteiger partial charge is 0.495 e. The number of hydrogen-bond acceptors (Lipinski definition) is 3. The van der Waals surface area contributed by atoms with Crippen LogP contribution in [-0.2, 0) is 7.05 Å². The molecule has 0 aliphatic heterocycles. The standard InChI is InChI=1S/C12H10Cl2N2O3/c1-16-9(5-8(15-16)12(17)18)7-3-6(13)4-10(19-2)11(7)14/h3-5H,1-2H3,(H,17,18). The second kappa shape index (κ2) is 5.11. The summed E-state index contributed by atoms with van der Waals surface area (Å²) in [5.41, 5.74) is 1.05. The fourth-order valence-electron chi connectivity index (χ4n) is 1.72. The van der Waals surface area contributed by atoms with E-state index >= 15 is 0 Å². The Morgan fingerprint density at radius 2 is 2.05 bits per heavy atom. The van der Waals surface area contributed by atoms with Gasteiger partial charge in [0, 0.05) is 23.7 Å². The van der Waals surface area contributed by atoms with Crippen molar-refractivity contribution in [1.82, 2.24) is 9.78 Å². The number of halogens is 2. The molecule has 2 rings (SSSR count). The summed E-state index contributed by atoms with van der Waals surface area (Å²) in [5, 5.41) is 13.6. The fourth-order valence-corrected chi connectivity index (χ4v) is 2.21. The summed E-state index contributed by atoms with van der Waals surface area (Å²) in [6.07, 6.45) is 0. The van der Waals surface area contributed by atoms with Crippen molar-refractivity contribution in [1.29, 1.82) is 0 Å². The quantitative estimate of drug-likeness (QED) is 0.946. The molecule has 1 N–H and O–H groups in total. The van der Waals surface area contributed by atoms with Gasteiger partial charge in [-0.15, -0.1) is 0 Å². The van der Waals surface area contributed by atoms with Crippen LogP contribution in [0.2, 0.25) is 10.0 Å². The van der Waals surface area contributed by atoms with Gasteiger partial charge >= 0.3 is 5.97 Å². The number of benzene rings is 1. The predicted octanol–water partition coefficient (Wildman–Crippen LogP) is 3.10. The Hall–Kier alpha value is -1.72. The molecular weight excluding hydrogens is 291 g/mol. The highest BCUT2D eigenvalue weighted by Crippen LogP contribution is 2.38. The second-order valence-electron chi connectivity index (χ2n) is 3.81. The molecule has 0 saturated heterocycles. The third kappa shape index (κ3) is 2.52. The van der Waals surface area contributed by atoms with E-state index in [4.69, 9.17) is 33.0 Å². The second-order valence-corrected chi connectivity index (χ2v) is 4.63. The van der Waals surface area contributed by atoms with Crippen LogP contribution in [0.25, 0.3) is 11.3 Å². The highest BCUT2D eigenvalue weighted by Gasteiger charge is 2.17. The number of rotatable bonds is 3. The van der Waals surface area contributed by atoms with Crippen molar-refractivity contribution in [3.63, 3.8) is 0 Å². The van der Waals surface area contributed by atoms with Gasteiger partial charge in [-0.05, 0) is 12.1 Å². The van der Waals surface area contributed by atoms with E-state index in [0.717, 1.165) is 0 Å². The van der Waals surface area contributed by atoms with Gasteiger partial charge in [0.25, 0.3) is 0 Å². The number of nitrogens with zero attached hydrogens (tertiary/aromatic N) is 2. The summed E-state index contributed by atoms with van der Waals surface area (Å²) in [5.74, 6) is -0.686. The van der Waals surface area contributed by atoms with Gasteiger partial charge in [0.05, 0.1) is 17.8 Å². The maximum Gasteiger partial charge on any atom is 0.356 e. The summed E-state index contributed by atoms with van der Waals surface area (Å²) in [6, 6.07) is 4.65. The number of aromatic nitrogens is 2. The molecule has 0 aliphatic rings. The van der Waals surface area contributed by atoms with Gasteiger partial charge < -0.3 is 9.84 Å². The topological polar surface area (TPSA) is 64.3 Å². The summed E-state index contributed by atoms with van der Waals surface area (Å²) >= 11 is 12.2. The molecule has 0 unspecified atom stereocenters. The zero-order valence-corrected chi connectivity index (χ0v) is 11.7. The molecule has 19 heavy (non-hydrogen) atoms. The molecule has 0 fully saturated rings. The van der Waals surface area contributed by atoms with E-state index in [2.05, 4.69) is 5.10 Å². The molecule has 7 heteroatoms. The lowest BCUT2D eigenvalue weighted by Crippen LogP contribution is -1.99. The van der Waals surface area contributed by atoms with Crippen molar-refractivity contribution in [2.45, 2.75) is 0 Å². The molecule has 0 spiro atoms. The first kappa shape index (κ1) is 13.7. The number of carboxylic acids is 1. The van der Waals surface area contributed by atoms with E-state index in [-0.39, 0.29) is 5.69 Å². The smallest absolute Gasteiger partial charge is 0.356 e. The van der Waals surface area contributed by atoms with Crippen LogP contribution >= 0.6 is 23.2 Å². The minimum Gasteiger partial charge on any atom is -0.495 e. The highest BCUT2D eigenvalue weighted by atomic mass is 35.5. The van der Waals surface area contributed by atoms with Crippen molar-refractivity contribution < 1.29 is 14.6 Å². The minimum absolute atomic E-state index is 0.0625. The lowest BCUT2D eigenvalue weighted by atomic mass is 10.1. The van der Waals surface area contributed by atoms with Crippen molar-refractivity contribution in [3.8, 4) is 17.0 Å². The summed E-state index contributed by atoms with van der Waals surface area (Å²) in [6.45, 7) is 0. The molecule has 1 aromatic carbocycles. The lowest BCUT2D eigenvalue weighted by molar-refractivity contribution is 0.0689. The summed E-state index contributed by atoms with van der Waals surface area (Å²) in [4.78, 5) is 10.9. The monoisotopic (exact) mass is 300 g/mol. The number of aromatic carboxylic acids is 1. The summed E-state index contributed by atoms with van der Waals surface area (Å²) < 4.78 is 6.55. The zero-order valence-electron chi connectivity index (χ0n) is 10.1. The first-order chi connectivity index (χ1) is 8.93. The maximum atomic E-state index is 10.9. The Morgan fingerprint density at radius 1 is 1.37 bits per heavy atom. The number of ether oxygens (including phenoxy) is 1. The number of aryl methyl sites for hydroxylation is 1. The Bertz CT molecular complexity index is 653. The third-order valence-corrected chi connectivity index (χ3v) is 3.21.